The van der Waals surface area contributed by atoms with Crippen LogP contribution in [0.5, 0.6) is 0 Å². The molecule has 0 spiro atoms. The van der Waals surface area contributed by atoms with E-state index in [2.05, 4.69) is 19.6 Å². The highest BCUT2D eigenvalue weighted by atomic mass is 32.1. The van der Waals surface area contributed by atoms with Gasteiger partial charge in [0.05, 0.1) is 0 Å². The largest absolute Gasteiger partial charge is 0.220 e. The summed E-state index contributed by atoms with van der Waals surface area (Å²) in [6.07, 6.45) is 1.52. The van der Waals surface area contributed by atoms with Crippen LogP contribution in [0.25, 0.3) is 10.0 Å². The van der Waals surface area contributed by atoms with Gasteiger partial charge < -0.3 is 0 Å². The molecule has 0 atom stereocenters. The van der Waals surface area contributed by atoms with Crippen LogP contribution < -0.4 is 0 Å². The third-order valence-corrected chi connectivity index (χ3v) is 2.40. The fourth-order valence-electron chi connectivity index (χ4n) is 0.534. The molecular formula is C4H2N4S2. The van der Waals surface area contributed by atoms with Crippen molar-refractivity contribution in [1.29, 1.82) is 0 Å². The zero-order chi connectivity index (χ0) is 6.81. The minimum Gasteiger partial charge on any atom is -0.220 e. The van der Waals surface area contributed by atoms with Crippen LogP contribution in [0.4, 0.5) is 0 Å². The maximum absolute atomic E-state index is 3.97. The Hall–Kier alpha value is -0.880. The molecule has 0 bridgehead atoms. The summed E-state index contributed by atoms with van der Waals surface area (Å²) in [5.41, 5.74) is 1.68. The Bertz CT molecular complexity index is 255. The van der Waals surface area contributed by atoms with Crippen LogP contribution in [0.3, 0.4) is 0 Å². The van der Waals surface area contributed by atoms with E-state index in [0.717, 1.165) is 10.0 Å². The first-order chi connectivity index (χ1) is 4.97. The Morgan fingerprint density at radius 1 is 1.30 bits per heavy atom. The van der Waals surface area contributed by atoms with Crippen molar-refractivity contribution in [3.8, 4) is 10.0 Å². The van der Waals surface area contributed by atoms with E-state index >= 15 is 0 Å². The average Bonchev–Trinajstić information content (AvgIpc) is 2.59. The summed E-state index contributed by atoms with van der Waals surface area (Å²) in [6, 6.07) is 0. The summed E-state index contributed by atoms with van der Waals surface area (Å²) < 4.78 is 3.85. The minimum atomic E-state index is 0.836. The molecule has 0 fully saturated rings. The fourth-order valence-corrected chi connectivity index (χ4v) is 1.64. The SMILES string of the molecule is c1nsc(-c2nncs2)n1. The number of nitrogens with zero attached hydrogens (tertiary/aromatic N) is 4. The molecule has 2 aromatic rings. The van der Waals surface area contributed by atoms with Crippen molar-refractivity contribution in [3.63, 3.8) is 0 Å². The van der Waals surface area contributed by atoms with Gasteiger partial charge in [0.25, 0.3) is 0 Å². The first kappa shape index (κ1) is 5.87. The van der Waals surface area contributed by atoms with Crippen LogP contribution in [-0.4, -0.2) is 19.6 Å². The maximum Gasteiger partial charge on any atom is 0.177 e. The predicted octanol–water partition coefficient (Wildman–Crippen LogP) is 1.06. The van der Waals surface area contributed by atoms with Crippen molar-refractivity contribution in [3.05, 3.63) is 11.8 Å². The molecule has 2 rings (SSSR count). The molecule has 0 N–H and O–H groups in total. The van der Waals surface area contributed by atoms with Gasteiger partial charge in [0, 0.05) is 0 Å². The monoisotopic (exact) mass is 170 g/mol. The summed E-state index contributed by atoms with van der Waals surface area (Å²) in [5.74, 6) is 0. The molecule has 10 heavy (non-hydrogen) atoms. The van der Waals surface area contributed by atoms with E-state index < -0.39 is 0 Å². The van der Waals surface area contributed by atoms with E-state index in [9.17, 15) is 0 Å². The van der Waals surface area contributed by atoms with Crippen molar-refractivity contribution in [1.82, 2.24) is 19.6 Å². The van der Waals surface area contributed by atoms with Crippen LogP contribution in [0, 0.1) is 0 Å². The highest BCUT2D eigenvalue weighted by Gasteiger charge is 2.02. The molecular weight excluding hydrogens is 168 g/mol. The molecule has 0 aliphatic carbocycles. The molecule has 0 radical (unpaired) electrons. The third-order valence-electron chi connectivity index (χ3n) is 0.904. The number of aromatic nitrogens is 4. The van der Waals surface area contributed by atoms with Gasteiger partial charge in [0.15, 0.2) is 10.0 Å². The molecule has 2 aromatic heterocycles. The Morgan fingerprint density at radius 2 is 2.30 bits per heavy atom. The minimum absolute atomic E-state index is 0.836. The van der Waals surface area contributed by atoms with Gasteiger partial charge in [-0.2, -0.15) is 4.37 Å². The first-order valence-electron chi connectivity index (χ1n) is 2.50. The number of rotatable bonds is 1. The summed E-state index contributed by atoms with van der Waals surface area (Å²) in [7, 11) is 0. The molecule has 0 saturated heterocycles. The van der Waals surface area contributed by atoms with E-state index in [1.54, 1.807) is 5.51 Å². The summed E-state index contributed by atoms with van der Waals surface area (Å²) >= 11 is 2.79. The lowest BCUT2D eigenvalue weighted by atomic mass is 10.7. The lowest BCUT2D eigenvalue weighted by Gasteiger charge is -1.78. The Balaban J connectivity index is 2.48. The summed E-state index contributed by atoms with van der Waals surface area (Å²) in [5, 5.41) is 9.19. The van der Waals surface area contributed by atoms with Crippen LogP contribution in [-0.2, 0) is 0 Å². The molecule has 0 unspecified atom stereocenters. The smallest absolute Gasteiger partial charge is 0.177 e. The highest BCUT2D eigenvalue weighted by Crippen LogP contribution is 2.19. The molecule has 2 heterocycles. The summed E-state index contributed by atoms with van der Waals surface area (Å²) in [4.78, 5) is 3.97. The fraction of sp³-hybridized carbons (Fsp3) is 0. The predicted molar refractivity (Wildman–Crippen MR) is 38.8 cm³/mol. The van der Waals surface area contributed by atoms with Crippen LogP contribution >= 0.6 is 22.9 Å². The lowest BCUT2D eigenvalue weighted by Crippen LogP contribution is -1.71. The third kappa shape index (κ3) is 0.910. The molecule has 0 aliphatic heterocycles. The Labute approximate surface area is 64.8 Å². The average molecular weight is 170 g/mol. The standard InChI is InChI=1S/C4H2N4S2/c1-5-3(10-7-1)4-8-6-2-9-4/h1-2H. The summed E-state index contributed by atoms with van der Waals surface area (Å²) in [6.45, 7) is 0. The normalized spacial score (nSPS) is 10.0. The van der Waals surface area contributed by atoms with Gasteiger partial charge in [0.2, 0.25) is 0 Å². The highest BCUT2D eigenvalue weighted by molar-refractivity contribution is 7.17. The molecule has 0 amide bonds. The Morgan fingerprint density at radius 3 is 2.90 bits per heavy atom. The van der Waals surface area contributed by atoms with Crippen molar-refractivity contribution in [2.24, 2.45) is 0 Å². The number of hydrogen-bond acceptors (Lipinski definition) is 6. The van der Waals surface area contributed by atoms with Crippen molar-refractivity contribution in [2.75, 3.05) is 0 Å². The molecule has 50 valence electrons. The maximum atomic E-state index is 3.97. The van der Waals surface area contributed by atoms with Gasteiger partial charge in [-0.15, -0.1) is 10.2 Å². The van der Waals surface area contributed by atoms with Crippen LogP contribution in [0.15, 0.2) is 11.8 Å². The van der Waals surface area contributed by atoms with Crippen LogP contribution in [0.1, 0.15) is 0 Å². The van der Waals surface area contributed by atoms with E-state index in [-0.39, 0.29) is 0 Å². The van der Waals surface area contributed by atoms with Crippen molar-refractivity contribution in [2.45, 2.75) is 0 Å². The van der Waals surface area contributed by atoms with E-state index in [1.165, 1.54) is 29.2 Å². The second kappa shape index (κ2) is 2.39. The van der Waals surface area contributed by atoms with Gasteiger partial charge in [-0.1, -0.05) is 11.3 Å². The zero-order valence-corrected chi connectivity index (χ0v) is 6.39. The quantitative estimate of drug-likeness (QED) is 0.642. The second-order valence-electron chi connectivity index (χ2n) is 1.49. The van der Waals surface area contributed by atoms with E-state index in [1.807, 2.05) is 0 Å². The molecule has 0 aromatic carbocycles. The lowest BCUT2D eigenvalue weighted by molar-refractivity contribution is 1.09. The molecule has 4 nitrogen and oxygen atoms in total. The molecule has 6 heteroatoms. The van der Waals surface area contributed by atoms with E-state index in [4.69, 9.17) is 0 Å². The molecule has 0 aliphatic rings. The zero-order valence-electron chi connectivity index (χ0n) is 4.76. The van der Waals surface area contributed by atoms with E-state index in [0.29, 0.717) is 0 Å². The topological polar surface area (TPSA) is 51.6 Å². The van der Waals surface area contributed by atoms with Gasteiger partial charge in [-0.05, 0) is 11.5 Å². The van der Waals surface area contributed by atoms with Crippen LogP contribution in [0.2, 0.25) is 0 Å². The van der Waals surface area contributed by atoms with Gasteiger partial charge >= 0.3 is 0 Å². The van der Waals surface area contributed by atoms with Gasteiger partial charge in [-0.25, -0.2) is 4.98 Å². The molecule has 0 saturated carbocycles. The van der Waals surface area contributed by atoms with Crippen molar-refractivity contribution >= 4 is 22.9 Å². The first-order valence-corrected chi connectivity index (χ1v) is 4.15. The number of hydrogen-bond donors (Lipinski definition) is 0. The van der Waals surface area contributed by atoms with Gasteiger partial charge in [-0.3, -0.25) is 0 Å². The van der Waals surface area contributed by atoms with Gasteiger partial charge in [0.1, 0.15) is 11.8 Å². The Kier molecular flexibility index (Phi) is 1.40. The van der Waals surface area contributed by atoms with Crippen molar-refractivity contribution < 1.29 is 0 Å². The second-order valence-corrected chi connectivity index (χ2v) is 3.10.